The number of hydrogen-bond donors (Lipinski definition) is 2. The maximum absolute atomic E-state index is 13.6. The predicted molar refractivity (Wildman–Crippen MR) is 75.9 cm³/mol. The predicted octanol–water partition coefficient (Wildman–Crippen LogP) is 2.59. The third-order valence-corrected chi connectivity index (χ3v) is 4.51. The van der Waals surface area contributed by atoms with Gasteiger partial charge < -0.3 is 5.73 Å². The molecule has 0 spiro atoms. The summed E-state index contributed by atoms with van der Waals surface area (Å²) in [5.41, 5.74) is 5.58. The van der Waals surface area contributed by atoms with Gasteiger partial charge in [-0.15, -0.1) is 0 Å². The quantitative estimate of drug-likeness (QED) is 0.852. The molecule has 2 rings (SSSR count). The maximum atomic E-state index is 13.6. The molecule has 0 aliphatic carbocycles. The lowest BCUT2D eigenvalue weighted by Gasteiger charge is -2.16. The van der Waals surface area contributed by atoms with Crippen molar-refractivity contribution in [3.05, 3.63) is 59.7 Å². The monoisotopic (exact) mass is 312 g/mol. The summed E-state index contributed by atoms with van der Waals surface area (Å²) in [4.78, 5) is -0.0275. The molecule has 1 atom stereocenters. The van der Waals surface area contributed by atoms with Crippen molar-refractivity contribution in [2.75, 3.05) is 5.73 Å². The Morgan fingerprint density at radius 3 is 2.10 bits per heavy atom. The van der Waals surface area contributed by atoms with Gasteiger partial charge in [-0.05, 0) is 43.3 Å². The van der Waals surface area contributed by atoms with Crippen molar-refractivity contribution >= 4 is 15.7 Å². The second-order valence-corrected chi connectivity index (χ2v) is 6.26. The van der Waals surface area contributed by atoms with Crippen molar-refractivity contribution in [1.29, 1.82) is 0 Å². The van der Waals surface area contributed by atoms with E-state index in [2.05, 4.69) is 4.72 Å². The second-order valence-electron chi connectivity index (χ2n) is 4.55. The molecular formula is C14H14F2N2O2S. The van der Waals surface area contributed by atoms with Crippen molar-refractivity contribution in [2.45, 2.75) is 17.9 Å². The zero-order valence-electron chi connectivity index (χ0n) is 11.2. The number of rotatable bonds is 4. The molecule has 0 heterocycles. The number of nitrogens with one attached hydrogen (secondary N) is 1. The Bertz CT molecular complexity index is 726. The molecule has 0 bridgehead atoms. The molecule has 0 amide bonds. The normalized spacial score (nSPS) is 13.1. The van der Waals surface area contributed by atoms with Gasteiger partial charge in [0.2, 0.25) is 10.0 Å². The Kier molecular flexibility index (Phi) is 4.24. The SMILES string of the molecule is CC(NS(=O)(=O)c1ccc(N)cc1)c1c(F)cccc1F. The van der Waals surface area contributed by atoms with Crippen molar-refractivity contribution in [3.63, 3.8) is 0 Å². The van der Waals surface area contributed by atoms with Crippen molar-refractivity contribution in [3.8, 4) is 0 Å². The van der Waals surface area contributed by atoms with E-state index >= 15 is 0 Å². The van der Waals surface area contributed by atoms with Crippen LogP contribution < -0.4 is 10.5 Å². The minimum Gasteiger partial charge on any atom is -0.399 e. The fourth-order valence-corrected chi connectivity index (χ4v) is 3.14. The first-order valence-electron chi connectivity index (χ1n) is 6.13. The molecule has 1 unspecified atom stereocenters. The number of hydrogen-bond acceptors (Lipinski definition) is 3. The molecule has 0 saturated carbocycles. The molecular weight excluding hydrogens is 298 g/mol. The molecule has 3 N–H and O–H groups in total. The van der Waals surface area contributed by atoms with Crippen LogP contribution in [0.2, 0.25) is 0 Å². The first-order valence-corrected chi connectivity index (χ1v) is 7.61. The van der Waals surface area contributed by atoms with Crippen LogP contribution in [0, 0.1) is 11.6 Å². The van der Waals surface area contributed by atoms with Gasteiger partial charge >= 0.3 is 0 Å². The highest BCUT2D eigenvalue weighted by Gasteiger charge is 2.22. The van der Waals surface area contributed by atoms with Crippen LogP contribution in [-0.2, 0) is 10.0 Å². The van der Waals surface area contributed by atoms with E-state index in [4.69, 9.17) is 5.73 Å². The molecule has 2 aromatic carbocycles. The minimum absolute atomic E-state index is 0.0275. The van der Waals surface area contributed by atoms with E-state index < -0.39 is 27.7 Å². The lowest BCUT2D eigenvalue weighted by molar-refractivity contribution is 0.515. The van der Waals surface area contributed by atoms with Gasteiger partial charge in [0.1, 0.15) is 11.6 Å². The standard InChI is InChI=1S/C14H14F2N2O2S/c1-9(14-12(15)3-2-4-13(14)16)18-21(19,20)11-7-5-10(17)6-8-11/h2-9,18H,17H2,1H3. The first-order chi connectivity index (χ1) is 9.81. The van der Waals surface area contributed by atoms with Crippen LogP contribution in [0.3, 0.4) is 0 Å². The third-order valence-electron chi connectivity index (χ3n) is 2.96. The van der Waals surface area contributed by atoms with Gasteiger partial charge in [-0.3, -0.25) is 0 Å². The highest BCUT2D eigenvalue weighted by Crippen LogP contribution is 2.22. The number of benzene rings is 2. The average Bonchev–Trinajstić information content (AvgIpc) is 2.38. The van der Waals surface area contributed by atoms with Gasteiger partial charge in [-0.2, -0.15) is 0 Å². The van der Waals surface area contributed by atoms with E-state index in [-0.39, 0.29) is 10.5 Å². The molecule has 0 fully saturated rings. The summed E-state index contributed by atoms with van der Waals surface area (Å²) in [5.74, 6) is -1.61. The molecule has 0 radical (unpaired) electrons. The molecule has 0 aromatic heterocycles. The number of halogens is 2. The summed E-state index contributed by atoms with van der Waals surface area (Å²) < 4.78 is 53.8. The number of sulfonamides is 1. The molecule has 0 aliphatic heterocycles. The Labute approximate surface area is 121 Å². The molecule has 2 aromatic rings. The Balaban J connectivity index is 2.30. The van der Waals surface area contributed by atoms with Crippen LogP contribution in [0.25, 0.3) is 0 Å². The molecule has 0 aliphatic rings. The summed E-state index contributed by atoms with van der Waals surface area (Å²) in [6, 6.07) is 7.83. The summed E-state index contributed by atoms with van der Waals surface area (Å²) >= 11 is 0. The van der Waals surface area contributed by atoms with Gasteiger partial charge in [-0.1, -0.05) is 6.07 Å². The van der Waals surface area contributed by atoms with Gasteiger partial charge in [0.05, 0.1) is 4.90 Å². The molecule has 112 valence electrons. The van der Waals surface area contributed by atoms with E-state index in [1.54, 1.807) is 0 Å². The lowest BCUT2D eigenvalue weighted by Crippen LogP contribution is -2.28. The zero-order chi connectivity index (χ0) is 15.6. The van der Waals surface area contributed by atoms with Crippen LogP contribution >= 0.6 is 0 Å². The highest BCUT2D eigenvalue weighted by atomic mass is 32.2. The largest absolute Gasteiger partial charge is 0.399 e. The van der Waals surface area contributed by atoms with Crippen molar-refractivity contribution in [1.82, 2.24) is 4.72 Å². The fourth-order valence-electron chi connectivity index (χ4n) is 1.93. The van der Waals surface area contributed by atoms with E-state index in [9.17, 15) is 17.2 Å². The van der Waals surface area contributed by atoms with E-state index in [1.165, 1.54) is 37.3 Å². The van der Waals surface area contributed by atoms with E-state index in [0.717, 1.165) is 12.1 Å². The Morgan fingerprint density at radius 2 is 1.57 bits per heavy atom. The average molecular weight is 312 g/mol. The van der Waals surface area contributed by atoms with Gasteiger partial charge in [0.25, 0.3) is 0 Å². The minimum atomic E-state index is -3.90. The number of anilines is 1. The third kappa shape index (κ3) is 3.37. The number of nitrogen functional groups attached to an aromatic ring is 1. The maximum Gasteiger partial charge on any atom is 0.241 e. The Hall–Kier alpha value is -1.99. The van der Waals surface area contributed by atoms with Crippen LogP contribution in [0.5, 0.6) is 0 Å². The molecule has 21 heavy (non-hydrogen) atoms. The molecule has 4 nitrogen and oxygen atoms in total. The summed E-state index contributed by atoms with van der Waals surface area (Å²) in [7, 11) is -3.90. The fraction of sp³-hybridized carbons (Fsp3) is 0.143. The first kappa shape index (κ1) is 15.4. The van der Waals surface area contributed by atoms with Crippen LogP contribution in [0.15, 0.2) is 47.4 Å². The van der Waals surface area contributed by atoms with Gasteiger partial charge in [0, 0.05) is 17.3 Å². The molecule has 0 saturated heterocycles. The Morgan fingerprint density at radius 1 is 1.05 bits per heavy atom. The number of nitrogens with two attached hydrogens (primary N) is 1. The zero-order valence-corrected chi connectivity index (χ0v) is 12.0. The van der Waals surface area contributed by atoms with Crippen molar-refractivity contribution < 1.29 is 17.2 Å². The van der Waals surface area contributed by atoms with Crippen LogP contribution in [-0.4, -0.2) is 8.42 Å². The van der Waals surface area contributed by atoms with Crippen LogP contribution in [0.1, 0.15) is 18.5 Å². The second kappa shape index (κ2) is 5.79. The van der Waals surface area contributed by atoms with Crippen molar-refractivity contribution in [2.24, 2.45) is 0 Å². The van der Waals surface area contributed by atoms with Gasteiger partial charge in [0.15, 0.2) is 0 Å². The highest BCUT2D eigenvalue weighted by molar-refractivity contribution is 7.89. The summed E-state index contributed by atoms with van der Waals surface area (Å²) in [6.07, 6.45) is 0. The topological polar surface area (TPSA) is 72.2 Å². The van der Waals surface area contributed by atoms with Gasteiger partial charge in [-0.25, -0.2) is 21.9 Å². The summed E-state index contributed by atoms with van der Waals surface area (Å²) in [5, 5.41) is 0. The van der Waals surface area contributed by atoms with E-state index in [0.29, 0.717) is 5.69 Å². The smallest absolute Gasteiger partial charge is 0.241 e. The lowest BCUT2D eigenvalue weighted by atomic mass is 10.1. The van der Waals surface area contributed by atoms with Crippen LogP contribution in [0.4, 0.5) is 14.5 Å². The molecule has 7 heteroatoms. The summed E-state index contributed by atoms with van der Waals surface area (Å²) in [6.45, 7) is 1.37. The van der Waals surface area contributed by atoms with E-state index in [1.807, 2.05) is 0 Å².